The van der Waals surface area contributed by atoms with Gasteiger partial charge in [0, 0.05) is 30.2 Å². The Kier molecular flexibility index (Phi) is 7.66. The average Bonchev–Trinajstić information content (AvgIpc) is 2.81. The van der Waals surface area contributed by atoms with Crippen LogP contribution >= 0.6 is 11.6 Å². The van der Waals surface area contributed by atoms with Crippen molar-refractivity contribution >= 4 is 29.3 Å². The van der Waals surface area contributed by atoms with E-state index in [1.165, 1.54) is 0 Å². The summed E-state index contributed by atoms with van der Waals surface area (Å²) in [6.45, 7) is 12.7. The third-order valence-corrected chi connectivity index (χ3v) is 5.46. The fraction of sp³-hybridized carbons (Fsp3) is 0.650. The zero-order chi connectivity index (χ0) is 21.1. The van der Waals surface area contributed by atoms with Crippen LogP contribution in [0.15, 0.2) is 0 Å². The molecule has 1 aromatic heterocycles. The van der Waals surface area contributed by atoms with E-state index in [4.69, 9.17) is 16.3 Å². The molecule has 0 saturated carbocycles. The zero-order valence-corrected chi connectivity index (χ0v) is 18.4. The monoisotopic (exact) mass is 398 g/mol. The zero-order valence-electron chi connectivity index (χ0n) is 17.6. The van der Waals surface area contributed by atoms with E-state index in [1.807, 2.05) is 13.8 Å². The van der Waals surface area contributed by atoms with Crippen LogP contribution in [0.4, 0.5) is 0 Å². The Hall–Kier alpha value is -1.82. The minimum absolute atomic E-state index is 0.0647. The predicted molar refractivity (Wildman–Crippen MR) is 107 cm³/mol. The second-order valence-electron chi connectivity index (χ2n) is 7.68. The molecule has 0 aliphatic carbocycles. The molecule has 0 aliphatic rings. The van der Waals surface area contributed by atoms with E-state index in [0.717, 1.165) is 0 Å². The number of ether oxygens (including phenoxy) is 1. The summed E-state index contributed by atoms with van der Waals surface area (Å²) in [5.74, 6) is -0.666. The van der Waals surface area contributed by atoms with Crippen LogP contribution in [-0.2, 0) is 16.6 Å². The first-order valence-electron chi connectivity index (χ1n) is 9.13. The van der Waals surface area contributed by atoms with Crippen molar-refractivity contribution in [2.24, 2.45) is 12.5 Å². The topological polar surface area (TPSA) is 68.6 Å². The molecule has 0 fully saturated rings. The number of rotatable bonds is 8. The minimum Gasteiger partial charge on any atom is -0.461 e. The fourth-order valence-corrected chi connectivity index (χ4v) is 3.16. The Morgan fingerprint density at radius 1 is 1.22 bits per heavy atom. The molecule has 0 atom stereocenters. The van der Waals surface area contributed by atoms with Crippen LogP contribution in [0.3, 0.4) is 0 Å². The van der Waals surface area contributed by atoms with E-state index < -0.39 is 11.4 Å². The molecule has 0 radical (unpaired) electrons. The van der Waals surface area contributed by atoms with Crippen LogP contribution in [-0.4, -0.2) is 52.2 Å². The molecule has 27 heavy (non-hydrogen) atoms. The molecule has 0 N–H and O–H groups in total. The van der Waals surface area contributed by atoms with Crippen molar-refractivity contribution in [2.45, 2.75) is 54.5 Å². The normalized spacial score (nSPS) is 11.6. The average molecular weight is 399 g/mol. The van der Waals surface area contributed by atoms with Gasteiger partial charge in [-0.2, -0.15) is 0 Å². The number of hydrogen-bond donors (Lipinski definition) is 0. The molecule has 0 aromatic carbocycles. The van der Waals surface area contributed by atoms with Crippen molar-refractivity contribution in [1.82, 2.24) is 9.47 Å². The SMILES string of the molecule is CCOC(=O)c1c(C)c(C(=O)CN(C(=O)C(C)(C)CCl)C(C)C)c(C)n1C. The number of carbonyl (C=O) groups is 3. The summed E-state index contributed by atoms with van der Waals surface area (Å²) in [6, 6.07) is -0.155. The van der Waals surface area contributed by atoms with Gasteiger partial charge in [-0.3, -0.25) is 9.59 Å². The van der Waals surface area contributed by atoms with Crippen molar-refractivity contribution in [2.75, 3.05) is 19.0 Å². The molecule has 1 rings (SSSR count). The lowest BCUT2D eigenvalue weighted by molar-refractivity contribution is -0.140. The lowest BCUT2D eigenvalue weighted by Gasteiger charge is -2.33. The van der Waals surface area contributed by atoms with Crippen LogP contribution in [0.25, 0.3) is 0 Å². The standard InChI is InChI=1S/C20H31ClN2O4/c1-9-27-18(25)17-13(4)16(14(5)22(17)8)15(24)10-23(12(2)3)19(26)20(6,7)11-21/h12H,9-11H2,1-8H3. The molecule has 152 valence electrons. The van der Waals surface area contributed by atoms with Gasteiger partial charge in [-0.15, -0.1) is 11.6 Å². The van der Waals surface area contributed by atoms with Crippen LogP contribution in [0.5, 0.6) is 0 Å². The maximum atomic E-state index is 13.1. The van der Waals surface area contributed by atoms with Gasteiger partial charge in [0.25, 0.3) is 0 Å². The maximum absolute atomic E-state index is 13.1. The molecule has 1 heterocycles. The number of esters is 1. The maximum Gasteiger partial charge on any atom is 0.355 e. The third kappa shape index (κ3) is 4.72. The summed E-state index contributed by atoms with van der Waals surface area (Å²) < 4.78 is 6.78. The van der Waals surface area contributed by atoms with Gasteiger partial charge in [-0.1, -0.05) is 0 Å². The largest absolute Gasteiger partial charge is 0.461 e. The number of carbonyl (C=O) groups excluding carboxylic acids is 3. The van der Waals surface area contributed by atoms with Crippen LogP contribution in [0.1, 0.15) is 66.7 Å². The second-order valence-corrected chi connectivity index (χ2v) is 7.95. The number of hydrogen-bond acceptors (Lipinski definition) is 4. The van der Waals surface area contributed by atoms with Gasteiger partial charge in [0.2, 0.25) is 5.91 Å². The van der Waals surface area contributed by atoms with Gasteiger partial charge in [0.05, 0.1) is 18.6 Å². The highest BCUT2D eigenvalue weighted by atomic mass is 35.5. The molecule has 0 unspecified atom stereocenters. The molecular weight excluding hydrogens is 368 g/mol. The summed E-state index contributed by atoms with van der Waals surface area (Å²) in [6.07, 6.45) is 0. The number of Topliss-reactive ketones (excluding diaryl/α,β-unsaturated/α-hetero) is 1. The Labute approximate surface area is 166 Å². The van der Waals surface area contributed by atoms with Crippen molar-refractivity contribution < 1.29 is 19.1 Å². The van der Waals surface area contributed by atoms with Crippen molar-refractivity contribution in [3.63, 3.8) is 0 Å². The summed E-state index contributed by atoms with van der Waals surface area (Å²) >= 11 is 5.94. The summed E-state index contributed by atoms with van der Waals surface area (Å²) in [5.41, 5.74) is 1.31. The summed E-state index contributed by atoms with van der Waals surface area (Å²) in [7, 11) is 1.73. The number of nitrogens with zero attached hydrogens (tertiary/aromatic N) is 2. The molecule has 0 saturated heterocycles. The number of alkyl halides is 1. The van der Waals surface area contributed by atoms with E-state index in [1.54, 1.807) is 51.1 Å². The molecule has 6 nitrogen and oxygen atoms in total. The van der Waals surface area contributed by atoms with Gasteiger partial charge in [0.1, 0.15) is 5.69 Å². The van der Waals surface area contributed by atoms with E-state index in [2.05, 4.69) is 0 Å². The first-order valence-corrected chi connectivity index (χ1v) is 9.67. The van der Waals surface area contributed by atoms with Crippen molar-refractivity contribution in [1.29, 1.82) is 0 Å². The molecule has 0 spiro atoms. The highest BCUT2D eigenvalue weighted by molar-refractivity contribution is 6.20. The summed E-state index contributed by atoms with van der Waals surface area (Å²) in [5, 5.41) is 0. The van der Waals surface area contributed by atoms with Crippen LogP contribution in [0, 0.1) is 19.3 Å². The highest BCUT2D eigenvalue weighted by Gasteiger charge is 2.35. The van der Waals surface area contributed by atoms with Crippen LogP contribution in [0.2, 0.25) is 0 Å². The van der Waals surface area contributed by atoms with E-state index in [0.29, 0.717) is 22.5 Å². The predicted octanol–water partition coefficient (Wildman–Crippen LogP) is 3.50. The van der Waals surface area contributed by atoms with Gasteiger partial charge < -0.3 is 14.2 Å². The smallest absolute Gasteiger partial charge is 0.355 e. The molecule has 1 amide bonds. The third-order valence-electron chi connectivity index (χ3n) is 4.79. The Bertz CT molecular complexity index is 735. The fourth-order valence-electron chi connectivity index (χ4n) is 3.05. The molecule has 1 aromatic rings. The van der Waals surface area contributed by atoms with Gasteiger partial charge in [-0.05, 0) is 54.0 Å². The van der Waals surface area contributed by atoms with Crippen molar-refractivity contribution in [3.05, 3.63) is 22.5 Å². The van der Waals surface area contributed by atoms with Gasteiger partial charge in [0.15, 0.2) is 5.78 Å². The highest BCUT2D eigenvalue weighted by Crippen LogP contribution is 2.25. The number of ketones is 1. The van der Waals surface area contributed by atoms with E-state index >= 15 is 0 Å². The summed E-state index contributed by atoms with van der Waals surface area (Å²) in [4.78, 5) is 39.7. The lowest BCUT2D eigenvalue weighted by atomic mass is 9.93. The minimum atomic E-state index is -0.761. The van der Waals surface area contributed by atoms with Gasteiger partial charge in [-0.25, -0.2) is 4.79 Å². The van der Waals surface area contributed by atoms with Crippen molar-refractivity contribution in [3.8, 4) is 0 Å². The number of aromatic nitrogens is 1. The second kappa shape index (κ2) is 8.91. The number of halogens is 1. The molecule has 0 aliphatic heterocycles. The first kappa shape index (κ1) is 23.2. The lowest BCUT2D eigenvalue weighted by Crippen LogP contribution is -2.47. The molecular formula is C20H31ClN2O4. The van der Waals surface area contributed by atoms with E-state index in [-0.39, 0.29) is 36.8 Å². The van der Waals surface area contributed by atoms with E-state index in [9.17, 15) is 14.4 Å². The Balaban J connectivity index is 3.27. The Morgan fingerprint density at radius 3 is 2.22 bits per heavy atom. The van der Waals surface area contributed by atoms with Crippen LogP contribution < -0.4 is 0 Å². The molecule has 0 bridgehead atoms. The van der Waals surface area contributed by atoms with Gasteiger partial charge >= 0.3 is 5.97 Å². The molecule has 7 heteroatoms. The first-order chi connectivity index (χ1) is 12.4. The quantitative estimate of drug-likeness (QED) is 0.382. The number of amides is 1. The Morgan fingerprint density at radius 2 is 1.78 bits per heavy atom.